The number of hydrogen-bond acceptors (Lipinski definition) is 2. The summed E-state index contributed by atoms with van der Waals surface area (Å²) in [5.41, 5.74) is 1.31. The lowest BCUT2D eigenvalue weighted by molar-refractivity contribution is 0.215. The van der Waals surface area contributed by atoms with E-state index in [1.165, 1.54) is 0 Å². The largest absolute Gasteiger partial charge is 0.508 e. The van der Waals surface area contributed by atoms with Crippen LogP contribution in [0.1, 0.15) is 17.2 Å². The number of aliphatic hydroxyl groups excluding tert-OH is 1. The molecular weight excluding hydrogens is 188 g/mol. The van der Waals surface area contributed by atoms with Crippen molar-refractivity contribution in [2.24, 2.45) is 0 Å². The van der Waals surface area contributed by atoms with Gasteiger partial charge in [-0.25, -0.2) is 0 Å². The van der Waals surface area contributed by atoms with E-state index in [1.54, 1.807) is 24.3 Å². The van der Waals surface area contributed by atoms with Gasteiger partial charge in [0.15, 0.2) is 0 Å². The minimum atomic E-state index is -0.771. The number of aromatic hydroxyl groups is 1. The first kappa shape index (κ1) is 9.74. The highest BCUT2D eigenvalue weighted by molar-refractivity contribution is 5.38. The first-order valence-electron chi connectivity index (χ1n) is 4.80. The topological polar surface area (TPSA) is 40.5 Å². The van der Waals surface area contributed by atoms with Gasteiger partial charge in [-0.05, 0) is 11.6 Å². The number of rotatable bonds is 2. The van der Waals surface area contributed by atoms with Crippen LogP contribution in [0.15, 0.2) is 54.6 Å². The van der Waals surface area contributed by atoms with Crippen molar-refractivity contribution in [3.63, 3.8) is 0 Å². The molecule has 0 heterocycles. The van der Waals surface area contributed by atoms with Gasteiger partial charge in [-0.15, -0.1) is 0 Å². The van der Waals surface area contributed by atoms with Crippen LogP contribution in [0.5, 0.6) is 5.75 Å². The fourth-order valence-corrected chi connectivity index (χ4v) is 1.53. The highest BCUT2D eigenvalue weighted by atomic mass is 16.3. The molecule has 2 nitrogen and oxygen atoms in total. The summed E-state index contributed by atoms with van der Waals surface area (Å²) >= 11 is 0. The molecule has 1 unspecified atom stereocenters. The summed E-state index contributed by atoms with van der Waals surface area (Å²) in [5, 5.41) is 19.6. The van der Waals surface area contributed by atoms with E-state index in [0.717, 1.165) is 5.56 Å². The van der Waals surface area contributed by atoms with Crippen molar-refractivity contribution >= 4 is 0 Å². The Morgan fingerprint density at radius 1 is 0.800 bits per heavy atom. The SMILES string of the molecule is Oc1ccccc1C(O)c1ccccc1. The van der Waals surface area contributed by atoms with Crippen molar-refractivity contribution < 1.29 is 10.2 Å². The lowest BCUT2D eigenvalue weighted by atomic mass is 10.0. The normalized spacial score (nSPS) is 12.3. The third-order valence-electron chi connectivity index (χ3n) is 2.35. The summed E-state index contributed by atoms with van der Waals surface area (Å²) in [6.45, 7) is 0. The first-order valence-corrected chi connectivity index (χ1v) is 4.80. The Bertz CT molecular complexity index is 437. The van der Waals surface area contributed by atoms with E-state index >= 15 is 0 Å². The van der Waals surface area contributed by atoms with Crippen molar-refractivity contribution in [1.82, 2.24) is 0 Å². The molecule has 2 aromatic rings. The summed E-state index contributed by atoms with van der Waals surface area (Å²) in [7, 11) is 0. The molecule has 0 aliphatic heterocycles. The summed E-state index contributed by atoms with van der Waals surface area (Å²) in [6, 6.07) is 16.1. The fourth-order valence-electron chi connectivity index (χ4n) is 1.53. The number of phenolic OH excluding ortho intramolecular Hbond substituents is 1. The maximum atomic E-state index is 10.0. The van der Waals surface area contributed by atoms with Gasteiger partial charge in [0.1, 0.15) is 11.9 Å². The van der Waals surface area contributed by atoms with Crippen LogP contribution in [0.2, 0.25) is 0 Å². The zero-order chi connectivity index (χ0) is 10.7. The lowest BCUT2D eigenvalue weighted by Crippen LogP contribution is -1.99. The van der Waals surface area contributed by atoms with Gasteiger partial charge in [0.2, 0.25) is 0 Å². The Labute approximate surface area is 88.4 Å². The van der Waals surface area contributed by atoms with Gasteiger partial charge in [-0.3, -0.25) is 0 Å². The molecule has 0 saturated heterocycles. The van der Waals surface area contributed by atoms with Crippen LogP contribution in [-0.4, -0.2) is 10.2 Å². The van der Waals surface area contributed by atoms with Crippen molar-refractivity contribution in [1.29, 1.82) is 0 Å². The van der Waals surface area contributed by atoms with E-state index in [0.29, 0.717) is 5.56 Å². The third kappa shape index (κ3) is 2.00. The summed E-state index contributed by atoms with van der Waals surface area (Å²) in [4.78, 5) is 0. The van der Waals surface area contributed by atoms with Gasteiger partial charge in [0, 0.05) is 5.56 Å². The molecule has 0 radical (unpaired) electrons. The average Bonchev–Trinajstić information content (AvgIpc) is 2.30. The van der Waals surface area contributed by atoms with E-state index < -0.39 is 6.10 Å². The van der Waals surface area contributed by atoms with Crippen LogP contribution in [0.3, 0.4) is 0 Å². The van der Waals surface area contributed by atoms with E-state index in [4.69, 9.17) is 0 Å². The number of phenols is 1. The number of aliphatic hydroxyl groups is 1. The minimum absolute atomic E-state index is 0.119. The lowest BCUT2D eigenvalue weighted by Gasteiger charge is -2.12. The Morgan fingerprint density at radius 2 is 1.40 bits per heavy atom. The van der Waals surface area contributed by atoms with Crippen LogP contribution in [0.25, 0.3) is 0 Å². The Morgan fingerprint density at radius 3 is 2.07 bits per heavy atom. The fraction of sp³-hybridized carbons (Fsp3) is 0.0769. The van der Waals surface area contributed by atoms with Gasteiger partial charge in [-0.1, -0.05) is 48.5 Å². The number of hydrogen-bond donors (Lipinski definition) is 2. The summed E-state index contributed by atoms with van der Waals surface area (Å²) < 4.78 is 0. The van der Waals surface area contributed by atoms with E-state index in [1.807, 2.05) is 30.3 Å². The molecule has 1 atom stereocenters. The van der Waals surface area contributed by atoms with Gasteiger partial charge in [0.05, 0.1) is 0 Å². The van der Waals surface area contributed by atoms with Crippen molar-refractivity contribution in [3.8, 4) is 5.75 Å². The number of benzene rings is 2. The molecular formula is C13H12O2. The average molecular weight is 200 g/mol. The first-order chi connectivity index (χ1) is 7.29. The molecule has 0 saturated carbocycles. The van der Waals surface area contributed by atoms with Crippen LogP contribution in [-0.2, 0) is 0 Å². The second-order valence-corrected chi connectivity index (χ2v) is 3.37. The van der Waals surface area contributed by atoms with Gasteiger partial charge >= 0.3 is 0 Å². The molecule has 2 rings (SSSR count). The smallest absolute Gasteiger partial charge is 0.121 e. The predicted octanol–water partition coefficient (Wildman–Crippen LogP) is 2.47. The van der Waals surface area contributed by atoms with Crippen LogP contribution in [0, 0.1) is 0 Å². The molecule has 0 aliphatic rings. The van der Waals surface area contributed by atoms with Gasteiger partial charge in [0.25, 0.3) is 0 Å². The van der Waals surface area contributed by atoms with Crippen LogP contribution >= 0.6 is 0 Å². The molecule has 0 amide bonds. The molecule has 2 N–H and O–H groups in total. The van der Waals surface area contributed by atoms with Crippen molar-refractivity contribution in [2.45, 2.75) is 6.10 Å². The standard InChI is InChI=1S/C13H12O2/c14-12-9-5-4-8-11(12)13(15)10-6-2-1-3-7-10/h1-9,13-15H. The zero-order valence-corrected chi connectivity index (χ0v) is 8.17. The summed E-state index contributed by atoms with van der Waals surface area (Å²) in [5.74, 6) is 0.119. The molecule has 0 bridgehead atoms. The summed E-state index contributed by atoms with van der Waals surface area (Å²) in [6.07, 6.45) is -0.771. The molecule has 2 aromatic carbocycles. The third-order valence-corrected chi connectivity index (χ3v) is 2.35. The maximum Gasteiger partial charge on any atom is 0.121 e. The van der Waals surface area contributed by atoms with Crippen LogP contribution in [0.4, 0.5) is 0 Å². The minimum Gasteiger partial charge on any atom is -0.508 e. The molecule has 2 heteroatoms. The highest BCUT2D eigenvalue weighted by Gasteiger charge is 2.12. The van der Waals surface area contributed by atoms with Crippen molar-refractivity contribution in [2.75, 3.05) is 0 Å². The Kier molecular flexibility index (Phi) is 2.70. The van der Waals surface area contributed by atoms with Crippen LogP contribution < -0.4 is 0 Å². The molecule has 0 aromatic heterocycles. The highest BCUT2D eigenvalue weighted by Crippen LogP contribution is 2.28. The van der Waals surface area contributed by atoms with E-state index in [-0.39, 0.29) is 5.75 Å². The van der Waals surface area contributed by atoms with E-state index in [9.17, 15) is 10.2 Å². The monoisotopic (exact) mass is 200 g/mol. The second-order valence-electron chi connectivity index (χ2n) is 3.37. The maximum absolute atomic E-state index is 10.0. The molecule has 0 aliphatic carbocycles. The molecule has 15 heavy (non-hydrogen) atoms. The predicted molar refractivity (Wildman–Crippen MR) is 58.6 cm³/mol. The second kappa shape index (κ2) is 4.15. The molecule has 76 valence electrons. The molecule has 0 spiro atoms. The van der Waals surface area contributed by atoms with Gasteiger partial charge in [-0.2, -0.15) is 0 Å². The zero-order valence-electron chi connectivity index (χ0n) is 8.17. The Hall–Kier alpha value is -1.80. The van der Waals surface area contributed by atoms with E-state index in [2.05, 4.69) is 0 Å². The Balaban J connectivity index is 2.37. The van der Waals surface area contributed by atoms with Gasteiger partial charge < -0.3 is 10.2 Å². The molecule has 0 fully saturated rings. The van der Waals surface area contributed by atoms with Crippen molar-refractivity contribution in [3.05, 3.63) is 65.7 Å². The quantitative estimate of drug-likeness (QED) is 0.781. The number of para-hydroxylation sites is 1.